The van der Waals surface area contributed by atoms with E-state index >= 15 is 0 Å². The van der Waals surface area contributed by atoms with E-state index in [1.807, 2.05) is 13.0 Å². The van der Waals surface area contributed by atoms with E-state index in [2.05, 4.69) is 19.6 Å². The zero-order valence-electron chi connectivity index (χ0n) is 15.4. The van der Waals surface area contributed by atoms with Crippen molar-refractivity contribution in [2.75, 3.05) is 25.1 Å². The second-order valence-corrected chi connectivity index (χ2v) is 8.22. The largest absolute Gasteiger partial charge is 0.494 e. The first kappa shape index (κ1) is 19.5. The molecule has 0 spiro atoms. The van der Waals surface area contributed by atoms with E-state index < -0.39 is 15.8 Å². The smallest absolute Gasteiger partial charge is 0.241 e. The van der Waals surface area contributed by atoms with Gasteiger partial charge in [0, 0.05) is 24.8 Å². The number of hydrogen-bond acceptors (Lipinski definition) is 6. The van der Waals surface area contributed by atoms with Gasteiger partial charge >= 0.3 is 0 Å². The molecule has 0 atom stereocenters. The molecule has 2 aromatic rings. The molecule has 1 aliphatic rings. The number of ether oxygens (including phenoxy) is 1. The van der Waals surface area contributed by atoms with Crippen LogP contribution in [-0.2, 0) is 16.6 Å². The van der Waals surface area contributed by atoms with E-state index in [1.165, 1.54) is 25.7 Å². The summed E-state index contributed by atoms with van der Waals surface area (Å²) >= 11 is 0. The Hall–Kier alpha value is -2.26. The van der Waals surface area contributed by atoms with Crippen LogP contribution in [0.3, 0.4) is 0 Å². The maximum absolute atomic E-state index is 13.8. The lowest BCUT2D eigenvalue weighted by atomic mass is 10.1. The number of halogens is 1. The fourth-order valence-electron chi connectivity index (χ4n) is 3.03. The molecule has 0 saturated carbocycles. The van der Waals surface area contributed by atoms with Crippen LogP contribution < -0.4 is 14.4 Å². The maximum atomic E-state index is 13.8. The third-order valence-electron chi connectivity index (χ3n) is 4.42. The van der Waals surface area contributed by atoms with Gasteiger partial charge in [0.2, 0.25) is 10.0 Å². The summed E-state index contributed by atoms with van der Waals surface area (Å²) in [5.41, 5.74) is 0.773. The van der Waals surface area contributed by atoms with Crippen molar-refractivity contribution in [3.63, 3.8) is 0 Å². The van der Waals surface area contributed by atoms with Crippen LogP contribution in [-0.4, -0.2) is 38.6 Å². The SMILES string of the molecule is COc1ccc(S(=O)(=O)NCc2nc(C)cc(N3CCCCC3)n2)cc1F. The Bertz CT molecular complexity index is 915. The predicted molar refractivity (Wildman–Crippen MR) is 99.8 cm³/mol. The molecule has 1 N–H and O–H groups in total. The lowest BCUT2D eigenvalue weighted by molar-refractivity contribution is 0.385. The number of piperidine rings is 1. The fraction of sp³-hybridized carbons (Fsp3) is 0.444. The van der Waals surface area contributed by atoms with Crippen LogP contribution >= 0.6 is 0 Å². The van der Waals surface area contributed by atoms with Gasteiger partial charge in [-0.2, -0.15) is 0 Å². The van der Waals surface area contributed by atoms with E-state index in [1.54, 1.807) is 0 Å². The number of nitrogens with one attached hydrogen (secondary N) is 1. The molecule has 3 rings (SSSR count). The van der Waals surface area contributed by atoms with Gasteiger partial charge in [0.1, 0.15) is 11.6 Å². The van der Waals surface area contributed by atoms with Crippen molar-refractivity contribution in [3.8, 4) is 5.75 Å². The molecule has 0 unspecified atom stereocenters. The van der Waals surface area contributed by atoms with Gasteiger partial charge in [-0.1, -0.05) is 0 Å². The zero-order valence-corrected chi connectivity index (χ0v) is 16.2. The molecule has 7 nitrogen and oxygen atoms in total. The van der Waals surface area contributed by atoms with Crippen LogP contribution in [0.2, 0.25) is 0 Å². The van der Waals surface area contributed by atoms with Crippen LogP contribution in [0.15, 0.2) is 29.2 Å². The van der Waals surface area contributed by atoms with Gasteiger partial charge in [-0.25, -0.2) is 27.5 Å². The maximum Gasteiger partial charge on any atom is 0.241 e. The molecule has 1 aliphatic heterocycles. The molecule has 1 fully saturated rings. The van der Waals surface area contributed by atoms with Crippen molar-refractivity contribution >= 4 is 15.8 Å². The summed E-state index contributed by atoms with van der Waals surface area (Å²) in [6, 6.07) is 5.40. The normalized spacial score (nSPS) is 15.0. The van der Waals surface area contributed by atoms with E-state index in [0.29, 0.717) is 5.82 Å². The summed E-state index contributed by atoms with van der Waals surface area (Å²) in [4.78, 5) is 10.8. The molecule has 0 amide bonds. The van der Waals surface area contributed by atoms with Gasteiger partial charge in [0.15, 0.2) is 11.6 Å². The van der Waals surface area contributed by atoms with Crippen molar-refractivity contribution in [1.29, 1.82) is 0 Å². The number of nitrogens with zero attached hydrogens (tertiary/aromatic N) is 3. The number of hydrogen-bond donors (Lipinski definition) is 1. The standard InChI is InChI=1S/C18H23FN4O3S/c1-13-10-18(23-8-4-3-5-9-23)22-17(21-13)12-20-27(24,25)14-6-7-16(26-2)15(19)11-14/h6-7,10-11,20H,3-5,8-9,12H2,1-2H3. The monoisotopic (exact) mass is 394 g/mol. The summed E-state index contributed by atoms with van der Waals surface area (Å²) in [6.07, 6.45) is 3.45. The van der Waals surface area contributed by atoms with Gasteiger partial charge in [-0.15, -0.1) is 0 Å². The Morgan fingerprint density at radius 3 is 2.59 bits per heavy atom. The first-order chi connectivity index (χ1) is 12.9. The molecule has 1 aromatic heterocycles. The van der Waals surface area contributed by atoms with Crippen molar-refractivity contribution < 1.29 is 17.5 Å². The third kappa shape index (κ3) is 4.72. The first-order valence-electron chi connectivity index (χ1n) is 8.82. The quantitative estimate of drug-likeness (QED) is 0.810. The molecule has 1 saturated heterocycles. The minimum Gasteiger partial charge on any atom is -0.494 e. The number of sulfonamides is 1. The topological polar surface area (TPSA) is 84.4 Å². The lowest BCUT2D eigenvalue weighted by Crippen LogP contribution is -2.31. The minimum atomic E-state index is -3.90. The van der Waals surface area contributed by atoms with Crippen LogP contribution in [0.1, 0.15) is 30.8 Å². The van der Waals surface area contributed by atoms with E-state index in [9.17, 15) is 12.8 Å². The molecular formula is C18H23FN4O3S. The van der Waals surface area contributed by atoms with E-state index in [-0.39, 0.29) is 17.2 Å². The average molecular weight is 394 g/mol. The van der Waals surface area contributed by atoms with Crippen molar-refractivity contribution in [1.82, 2.24) is 14.7 Å². The van der Waals surface area contributed by atoms with Gasteiger partial charge in [-0.3, -0.25) is 0 Å². The number of methoxy groups -OCH3 is 1. The minimum absolute atomic E-state index is 0.0119. The third-order valence-corrected chi connectivity index (χ3v) is 5.82. The Morgan fingerprint density at radius 1 is 1.19 bits per heavy atom. The predicted octanol–water partition coefficient (Wildman–Crippen LogP) is 2.40. The van der Waals surface area contributed by atoms with Gasteiger partial charge in [0.05, 0.1) is 18.6 Å². The number of anilines is 1. The highest BCUT2D eigenvalue weighted by Gasteiger charge is 2.18. The molecule has 0 bridgehead atoms. The number of rotatable bonds is 6. The molecule has 9 heteroatoms. The molecule has 0 radical (unpaired) electrons. The highest BCUT2D eigenvalue weighted by molar-refractivity contribution is 7.89. The molecule has 27 heavy (non-hydrogen) atoms. The molecule has 146 valence electrons. The highest BCUT2D eigenvalue weighted by Crippen LogP contribution is 2.21. The Balaban J connectivity index is 1.75. The van der Waals surface area contributed by atoms with Crippen molar-refractivity contribution in [2.45, 2.75) is 37.6 Å². The Kier molecular flexibility index (Phi) is 5.91. The Labute approximate surface area is 158 Å². The first-order valence-corrected chi connectivity index (χ1v) is 10.3. The second kappa shape index (κ2) is 8.18. The summed E-state index contributed by atoms with van der Waals surface area (Å²) in [5.74, 6) is 0.446. The van der Waals surface area contributed by atoms with Gasteiger partial charge in [-0.05, 0) is 44.4 Å². The van der Waals surface area contributed by atoms with Gasteiger partial charge < -0.3 is 9.64 Å². The average Bonchev–Trinajstić information content (AvgIpc) is 2.67. The lowest BCUT2D eigenvalue weighted by Gasteiger charge is -2.28. The van der Waals surface area contributed by atoms with Crippen LogP contribution in [0.4, 0.5) is 10.2 Å². The summed E-state index contributed by atoms with van der Waals surface area (Å²) in [5, 5.41) is 0. The van der Waals surface area contributed by atoms with E-state index in [0.717, 1.165) is 43.5 Å². The number of benzene rings is 1. The highest BCUT2D eigenvalue weighted by atomic mass is 32.2. The van der Waals surface area contributed by atoms with Crippen molar-refractivity contribution in [2.24, 2.45) is 0 Å². The summed E-state index contributed by atoms with van der Waals surface area (Å²) in [7, 11) is -2.58. The summed E-state index contributed by atoms with van der Waals surface area (Å²) < 4.78 is 45.9. The Morgan fingerprint density at radius 2 is 1.93 bits per heavy atom. The van der Waals surface area contributed by atoms with Crippen LogP contribution in [0.5, 0.6) is 5.75 Å². The van der Waals surface area contributed by atoms with Crippen molar-refractivity contribution in [3.05, 3.63) is 41.6 Å². The van der Waals surface area contributed by atoms with Crippen LogP contribution in [0, 0.1) is 12.7 Å². The van der Waals surface area contributed by atoms with E-state index in [4.69, 9.17) is 4.74 Å². The fourth-order valence-corrected chi connectivity index (χ4v) is 4.02. The number of aryl methyl sites for hydroxylation is 1. The summed E-state index contributed by atoms with van der Waals surface area (Å²) in [6.45, 7) is 3.66. The molecule has 0 aliphatic carbocycles. The molecular weight excluding hydrogens is 371 g/mol. The van der Waals surface area contributed by atoms with Crippen LogP contribution in [0.25, 0.3) is 0 Å². The second-order valence-electron chi connectivity index (χ2n) is 6.45. The molecule has 1 aromatic carbocycles. The number of aromatic nitrogens is 2. The van der Waals surface area contributed by atoms with Gasteiger partial charge in [0.25, 0.3) is 0 Å². The molecule has 2 heterocycles. The zero-order chi connectivity index (χ0) is 19.4.